The zero-order valence-corrected chi connectivity index (χ0v) is 24.4. The molecule has 0 atom stereocenters. The Balaban J connectivity index is 1.12. The molecular formula is C31H31BrClN5O2. The molecule has 4 N–H and O–H groups in total. The molecule has 1 aromatic heterocycles. The fourth-order valence-corrected chi connectivity index (χ4v) is 6.10. The Morgan fingerprint density at radius 1 is 1.02 bits per heavy atom. The van der Waals surface area contributed by atoms with Gasteiger partial charge in [-0.15, -0.1) is 0 Å². The monoisotopic (exact) mass is 619 g/mol. The fourth-order valence-electron chi connectivity index (χ4n) is 5.67. The van der Waals surface area contributed by atoms with Crippen molar-refractivity contribution < 1.29 is 9.59 Å². The fraction of sp³-hybridized carbons (Fsp3) is 0.323. The van der Waals surface area contributed by atoms with Gasteiger partial charge in [-0.2, -0.15) is 0 Å². The van der Waals surface area contributed by atoms with Gasteiger partial charge >= 0.3 is 0 Å². The minimum absolute atomic E-state index is 0.184. The Kier molecular flexibility index (Phi) is 7.55. The Labute approximate surface area is 246 Å². The van der Waals surface area contributed by atoms with Gasteiger partial charge < -0.3 is 20.9 Å². The number of hydrogen-bond acceptors (Lipinski definition) is 4. The third kappa shape index (κ3) is 6.03. The van der Waals surface area contributed by atoms with Crippen LogP contribution in [-0.4, -0.2) is 21.8 Å². The van der Waals surface area contributed by atoms with Gasteiger partial charge in [0.2, 0.25) is 11.9 Å². The number of amides is 2. The molecule has 2 aliphatic rings. The van der Waals surface area contributed by atoms with E-state index in [0.29, 0.717) is 34.5 Å². The number of halogens is 2. The van der Waals surface area contributed by atoms with E-state index in [0.717, 1.165) is 59.1 Å². The van der Waals surface area contributed by atoms with Gasteiger partial charge in [-0.25, -0.2) is 4.98 Å². The van der Waals surface area contributed by atoms with E-state index in [-0.39, 0.29) is 17.2 Å². The summed E-state index contributed by atoms with van der Waals surface area (Å²) in [6, 6.07) is 18.5. The number of hydrogen-bond donors (Lipinski definition) is 4. The third-order valence-electron chi connectivity index (χ3n) is 8.00. The van der Waals surface area contributed by atoms with E-state index < -0.39 is 0 Å². The van der Waals surface area contributed by atoms with Crippen molar-refractivity contribution in [3.8, 4) is 0 Å². The summed E-state index contributed by atoms with van der Waals surface area (Å²) in [6.07, 6.45) is 7.86. The molecule has 4 aromatic rings. The lowest BCUT2D eigenvalue weighted by Crippen LogP contribution is -2.39. The van der Waals surface area contributed by atoms with Crippen molar-refractivity contribution in [1.29, 1.82) is 0 Å². The predicted octanol–water partition coefficient (Wildman–Crippen LogP) is 7.95. The number of nitrogens with one attached hydrogen (secondary N) is 4. The lowest BCUT2D eigenvalue weighted by Gasteiger charge is -2.27. The highest BCUT2D eigenvalue weighted by molar-refractivity contribution is 9.10. The van der Waals surface area contributed by atoms with E-state index in [1.165, 1.54) is 12.8 Å². The number of benzene rings is 3. The molecule has 0 unspecified atom stereocenters. The molecule has 0 radical (unpaired) electrons. The summed E-state index contributed by atoms with van der Waals surface area (Å²) in [7, 11) is 0. The second-order valence-corrected chi connectivity index (χ2v) is 12.4. The van der Waals surface area contributed by atoms with E-state index in [2.05, 4.69) is 41.8 Å². The number of aromatic nitrogens is 2. The van der Waals surface area contributed by atoms with Gasteiger partial charge in [-0.3, -0.25) is 9.59 Å². The molecule has 0 saturated heterocycles. The van der Waals surface area contributed by atoms with Crippen molar-refractivity contribution in [2.75, 3.05) is 10.6 Å². The molecule has 206 valence electrons. The number of H-pyrrole nitrogens is 1. The normalized spacial score (nSPS) is 16.1. The van der Waals surface area contributed by atoms with Crippen LogP contribution in [0.4, 0.5) is 17.3 Å². The van der Waals surface area contributed by atoms with Crippen LogP contribution in [0.3, 0.4) is 0 Å². The number of carbonyl (C=O) groups excluding carboxylic acids is 2. The zero-order valence-electron chi connectivity index (χ0n) is 22.0. The van der Waals surface area contributed by atoms with Gasteiger partial charge in [0.1, 0.15) is 0 Å². The van der Waals surface area contributed by atoms with Crippen LogP contribution in [0.25, 0.3) is 11.0 Å². The standard InChI is InChI=1S/C31H31BrClN5O2/c32-22-7-9-23(10-8-22)35-28(39)21-6-12-25-27(16-21)38-30(36-25)37-26-15-20(5-11-24(26)33)18-34-29(40)31(13-1-2-14-31)17-19-3-4-19/h5-12,15-16,19H,1-4,13-14,17-18H2,(H,34,40)(H,35,39)(H2,36,37,38). The summed E-state index contributed by atoms with van der Waals surface area (Å²) < 4.78 is 0.945. The Bertz CT molecular complexity index is 1560. The second kappa shape index (κ2) is 11.3. The summed E-state index contributed by atoms with van der Waals surface area (Å²) >= 11 is 9.90. The molecule has 0 bridgehead atoms. The van der Waals surface area contributed by atoms with E-state index in [1.54, 1.807) is 12.1 Å². The van der Waals surface area contributed by atoms with Crippen LogP contribution in [0.2, 0.25) is 5.02 Å². The first-order valence-electron chi connectivity index (χ1n) is 13.8. The molecule has 3 aromatic carbocycles. The van der Waals surface area contributed by atoms with Gasteiger partial charge in [0.25, 0.3) is 5.91 Å². The van der Waals surface area contributed by atoms with Crippen LogP contribution in [0, 0.1) is 11.3 Å². The molecular weight excluding hydrogens is 590 g/mol. The van der Waals surface area contributed by atoms with Crippen molar-refractivity contribution in [1.82, 2.24) is 15.3 Å². The van der Waals surface area contributed by atoms with Gasteiger partial charge in [0.15, 0.2) is 0 Å². The molecule has 7 nitrogen and oxygen atoms in total. The lowest BCUT2D eigenvalue weighted by molar-refractivity contribution is -0.131. The highest BCUT2D eigenvalue weighted by atomic mass is 79.9. The largest absolute Gasteiger partial charge is 0.352 e. The maximum Gasteiger partial charge on any atom is 0.255 e. The summed E-state index contributed by atoms with van der Waals surface area (Å²) in [6.45, 7) is 0.452. The second-order valence-electron chi connectivity index (χ2n) is 11.0. The number of rotatable bonds is 9. The van der Waals surface area contributed by atoms with Crippen LogP contribution in [0.5, 0.6) is 0 Å². The molecule has 9 heteroatoms. The minimum Gasteiger partial charge on any atom is -0.352 e. The zero-order chi connectivity index (χ0) is 27.7. The first-order valence-corrected chi connectivity index (χ1v) is 14.9. The Morgan fingerprint density at radius 2 is 1.80 bits per heavy atom. The summed E-state index contributed by atoms with van der Waals surface area (Å²) in [5.74, 6) is 1.23. The molecule has 1 heterocycles. The number of anilines is 3. The SMILES string of the molecule is O=C(Nc1ccc(Br)cc1)c1ccc2nc(Nc3cc(CNC(=O)C4(CC5CC5)CCCC4)ccc3Cl)[nH]c2c1. The van der Waals surface area contributed by atoms with Crippen LogP contribution in [-0.2, 0) is 11.3 Å². The van der Waals surface area contributed by atoms with Gasteiger partial charge in [-0.05, 0) is 85.3 Å². The van der Waals surface area contributed by atoms with Crippen LogP contribution >= 0.6 is 27.5 Å². The molecule has 2 amide bonds. The van der Waals surface area contributed by atoms with E-state index in [1.807, 2.05) is 48.5 Å². The first kappa shape index (κ1) is 26.8. The van der Waals surface area contributed by atoms with E-state index in [4.69, 9.17) is 11.6 Å². The average molecular weight is 621 g/mol. The topological polar surface area (TPSA) is 98.9 Å². The molecule has 0 aliphatic heterocycles. The molecule has 2 aliphatic carbocycles. The molecule has 40 heavy (non-hydrogen) atoms. The van der Waals surface area contributed by atoms with Gasteiger partial charge in [-0.1, -0.05) is 59.3 Å². The summed E-state index contributed by atoms with van der Waals surface area (Å²) in [4.78, 5) is 33.9. The minimum atomic E-state index is -0.206. The van der Waals surface area contributed by atoms with Crippen molar-refractivity contribution in [2.45, 2.75) is 51.5 Å². The number of nitrogens with zero attached hydrogens (tertiary/aromatic N) is 1. The van der Waals surface area contributed by atoms with Gasteiger partial charge in [0, 0.05) is 27.7 Å². The average Bonchev–Trinajstić information content (AvgIpc) is 3.46. The van der Waals surface area contributed by atoms with Crippen molar-refractivity contribution in [2.24, 2.45) is 11.3 Å². The summed E-state index contributed by atoms with van der Waals surface area (Å²) in [5, 5.41) is 9.93. The molecule has 0 spiro atoms. The number of imidazole rings is 1. The van der Waals surface area contributed by atoms with Crippen LogP contribution in [0.1, 0.15) is 60.9 Å². The lowest BCUT2D eigenvalue weighted by atomic mass is 9.80. The highest BCUT2D eigenvalue weighted by Crippen LogP contribution is 2.49. The number of carbonyl (C=O) groups is 2. The Hall–Kier alpha value is -3.36. The van der Waals surface area contributed by atoms with E-state index in [9.17, 15) is 9.59 Å². The quantitative estimate of drug-likeness (QED) is 0.153. The van der Waals surface area contributed by atoms with Crippen LogP contribution < -0.4 is 16.0 Å². The van der Waals surface area contributed by atoms with Crippen molar-refractivity contribution in [3.63, 3.8) is 0 Å². The molecule has 2 fully saturated rings. The van der Waals surface area contributed by atoms with Gasteiger partial charge in [0.05, 0.1) is 21.7 Å². The molecule has 2 saturated carbocycles. The predicted molar refractivity (Wildman–Crippen MR) is 163 cm³/mol. The smallest absolute Gasteiger partial charge is 0.255 e. The molecule has 6 rings (SSSR count). The maximum atomic E-state index is 13.2. The highest BCUT2D eigenvalue weighted by Gasteiger charge is 2.44. The van der Waals surface area contributed by atoms with Crippen LogP contribution in [0.15, 0.2) is 65.1 Å². The Morgan fingerprint density at radius 3 is 2.55 bits per heavy atom. The van der Waals surface area contributed by atoms with E-state index >= 15 is 0 Å². The van der Waals surface area contributed by atoms with Crippen molar-refractivity contribution in [3.05, 3.63) is 81.3 Å². The number of fused-ring (bicyclic) bond motifs is 1. The third-order valence-corrected chi connectivity index (χ3v) is 8.86. The summed E-state index contributed by atoms with van der Waals surface area (Å²) in [5.41, 5.74) is 4.15. The number of aromatic amines is 1. The van der Waals surface area contributed by atoms with Crippen molar-refractivity contribution >= 4 is 67.7 Å². The maximum absolute atomic E-state index is 13.2. The first-order chi connectivity index (χ1) is 19.4.